The van der Waals surface area contributed by atoms with E-state index in [-0.39, 0.29) is 18.4 Å². The van der Waals surface area contributed by atoms with E-state index in [0.717, 1.165) is 26.2 Å². The smallest absolute Gasteiger partial charge is 0.269 e. The van der Waals surface area contributed by atoms with Crippen molar-refractivity contribution in [2.75, 3.05) is 37.6 Å². The Morgan fingerprint density at radius 3 is 2.30 bits per heavy atom. The second-order valence-corrected chi connectivity index (χ2v) is 6.85. The number of benzene rings is 2. The number of hydrazine groups is 1. The van der Waals surface area contributed by atoms with Crippen LogP contribution in [0.2, 0.25) is 0 Å². The zero-order valence-corrected chi connectivity index (χ0v) is 15.9. The van der Waals surface area contributed by atoms with Crippen molar-refractivity contribution in [2.45, 2.75) is 13.8 Å². The molecule has 1 fully saturated rings. The number of anilines is 1. The standard InChI is InChI=1S/C21H26N4O2/c1-16-7-6-10-19(17(16)2)25-13-11-24(12-14-25)15-20(26)22-23-21(27)18-8-4-3-5-9-18/h3-10H,11-15H2,1-2H3,(H,22,26)(H,23,27). The van der Waals surface area contributed by atoms with Gasteiger partial charge in [0.1, 0.15) is 0 Å². The second kappa shape index (κ2) is 8.68. The maximum Gasteiger partial charge on any atom is 0.269 e. The van der Waals surface area contributed by atoms with Crippen LogP contribution in [0.15, 0.2) is 48.5 Å². The monoisotopic (exact) mass is 366 g/mol. The average molecular weight is 366 g/mol. The van der Waals surface area contributed by atoms with Crippen LogP contribution in [0.25, 0.3) is 0 Å². The van der Waals surface area contributed by atoms with Gasteiger partial charge in [-0.25, -0.2) is 0 Å². The van der Waals surface area contributed by atoms with Crippen molar-refractivity contribution in [3.63, 3.8) is 0 Å². The molecule has 0 atom stereocenters. The lowest BCUT2D eigenvalue weighted by molar-refractivity contribution is -0.123. The summed E-state index contributed by atoms with van der Waals surface area (Å²) in [5, 5.41) is 0. The summed E-state index contributed by atoms with van der Waals surface area (Å²) in [5.41, 5.74) is 9.35. The Kier molecular flexibility index (Phi) is 6.08. The highest BCUT2D eigenvalue weighted by molar-refractivity contribution is 5.95. The highest BCUT2D eigenvalue weighted by Gasteiger charge is 2.20. The van der Waals surface area contributed by atoms with Crippen molar-refractivity contribution in [3.05, 3.63) is 65.2 Å². The third kappa shape index (κ3) is 4.86. The molecule has 0 spiro atoms. The van der Waals surface area contributed by atoms with Crippen LogP contribution in [-0.2, 0) is 4.79 Å². The molecule has 2 aromatic rings. The van der Waals surface area contributed by atoms with Gasteiger partial charge in [-0.2, -0.15) is 0 Å². The highest BCUT2D eigenvalue weighted by Crippen LogP contribution is 2.23. The SMILES string of the molecule is Cc1cccc(N2CCN(CC(=O)NNC(=O)c3ccccc3)CC2)c1C. The van der Waals surface area contributed by atoms with Gasteiger partial charge in [-0.15, -0.1) is 0 Å². The Hall–Kier alpha value is -2.86. The number of amides is 2. The lowest BCUT2D eigenvalue weighted by Gasteiger charge is -2.36. The van der Waals surface area contributed by atoms with Crippen molar-refractivity contribution in [1.29, 1.82) is 0 Å². The zero-order chi connectivity index (χ0) is 19.2. The molecule has 1 aliphatic rings. The van der Waals surface area contributed by atoms with Gasteiger partial charge in [0.25, 0.3) is 11.8 Å². The number of hydrogen-bond donors (Lipinski definition) is 2. The van der Waals surface area contributed by atoms with Crippen LogP contribution in [0.4, 0.5) is 5.69 Å². The van der Waals surface area contributed by atoms with Gasteiger partial charge in [-0.3, -0.25) is 25.3 Å². The molecule has 0 radical (unpaired) electrons. The molecule has 142 valence electrons. The van der Waals surface area contributed by atoms with E-state index >= 15 is 0 Å². The Morgan fingerprint density at radius 1 is 0.889 bits per heavy atom. The first-order chi connectivity index (χ1) is 13.0. The normalized spacial score (nSPS) is 14.7. The summed E-state index contributed by atoms with van der Waals surface area (Å²) < 4.78 is 0. The van der Waals surface area contributed by atoms with E-state index in [1.165, 1.54) is 16.8 Å². The van der Waals surface area contributed by atoms with Crippen molar-refractivity contribution >= 4 is 17.5 Å². The van der Waals surface area contributed by atoms with E-state index in [2.05, 4.69) is 52.7 Å². The summed E-state index contributed by atoms with van der Waals surface area (Å²) in [6.07, 6.45) is 0. The summed E-state index contributed by atoms with van der Waals surface area (Å²) in [6.45, 7) is 7.95. The molecule has 1 saturated heterocycles. The fourth-order valence-electron chi connectivity index (χ4n) is 3.26. The number of rotatable bonds is 4. The van der Waals surface area contributed by atoms with Crippen molar-refractivity contribution in [1.82, 2.24) is 15.8 Å². The Morgan fingerprint density at radius 2 is 1.59 bits per heavy atom. The molecule has 2 amide bonds. The van der Waals surface area contributed by atoms with Crippen LogP contribution in [-0.4, -0.2) is 49.4 Å². The van der Waals surface area contributed by atoms with Crippen LogP contribution < -0.4 is 15.8 Å². The maximum absolute atomic E-state index is 12.1. The van der Waals surface area contributed by atoms with Gasteiger partial charge in [0, 0.05) is 37.4 Å². The molecule has 1 heterocycles. The average Bonchev–Trinajstić information content (AvgIpc) is 2.70. The molecule has 0 aromatic heterocycles. The summed E-state index contributed by atoms with van der Waals surface area (Å²) >= 11 is 0. The first kappa shape index (κ1) is 18.9. The third-order valence-corrected chi connectivity index (χ3v) is 5.01. The third-order valence-electron chi connectivity index (χ3n) is 5.01. The molecule has 2 N–H and O–H groups in total. The lowest BCUT2D eigenvalue weighted by atomic mass is 10.1. The van der Waals surface area contributed by atoms with Crippen LogP contribution in [0.1, 0.15) is 21.5 Å². The summed E-state index contributed by atoms with van der Waals surface area (Å²) in [6, 6.07) is 15.2. The van der Waals surface area contributed by atoms with Crippen LogP contribution >= 0.6 is 0 Å². The molecule has 0 aliphatic carbocycles. The Balaban J connectivity index is 1.44. The molecule has 0 bridgehead atoms. The first-order valence-electron chi connectivity index (χ1n) is 9.22. The largest absolute Gasteiger partial charge is 0.369 e. The molecule has 3 rings (SSSR count). The van der Waals surface area contributed by atoms with Crippen LogP contribution in [0.5, 0.6) is 0 Å². The molecule has 6 nitrogen and oxygen atoms in total. The predicted molar refractivity (Wildman–Crippen MR) is 107 cm³/mol. The van der Waals surface area contributed by atoms with E-state index in [9.17, 15) is 9.59 Å². The van der Waals surface area contributed by atoms with E-state index < -0.39 is 0 Å². The molecule has 0 unspecified atom stereocenters. The fourth-order valence-corrected chi connectivity index (χ4v) is 3.26. The Labute approximate surface area is 160 Å². The second-order valence-electron chi connectivity index (χ2n) is 6.85. The van der Waals surface area contributed by atoms with Crippen LogP contribution in [0, 0.1) is 13.8 Å². The van der Waals surface area contributed by atoms with Gasteiger partial charge >= 0.3 is 0 Å². The zero-order valence-electron chi connectivity index (χ0n) is 15.9. The molecule has 2 aromatic carbocycles. The lowest BCUT2D eigenvalue weighted by Crippen LogP contribution is -2.52. The molecular weight excluding hydrogens is 340 g/mol. The minimum atomic E-state index is -0.316. The summed E-state index contributed by atoms with van der Waals surface area (Å²) in [7, 11) is 0. The number of hydrogen-bond acceptors (Lipinski definition) is 4. The fraction of sp³-hybridized carbons (Fsp3) is 0.333. The molecular formula is C21H26N4O2. The van der Waals surface area contributed by atoms with E-state index in [1.54, 1.807) is 24.3 Å². The number of carbonyl (C=O) groups excluding carboxylic acids is 2. The van der Waals surface area contributed by atoms with Gasteiger partial charge < -0.3 is 4.90 Å². The topological polar surface area (TPSA) is 64.7 Å². The van der Waals surface area contributed by atoms with Crippen LogP contribution in [0.3, 0.4) is 0 Å². The van der Waals surface area contributed by atoms with Gasteiger partial charge in [0.05, 0.1) is 6.54 Å². The minimum Gasteiger partial charge on any atom is -0.369 e. The summed E-state index contributed by atoms with van der Waals surface area (Å²) in [4.78, 5) is 28.5. The first-order valence-corrected chi connectivity index (χ1v) is 9.22. The van der Waals surface area contributed by atoms with E-state index in [4.69, 9.17) is 0 Å². The predicted octanol–water partition coefficient (Wildman–Crippen LogP) is 1.89. The van der Waals surface area contributed by atoms with Crippen molar-refractivity contribution in [2.24, 2.45) is 0 Å². The Bertz CT molecular complexity index is 799. The van der Waals surface area contributed by atoms with Crippen molar-refractivity contribution in [3.8, 4) is 0 Å². The number of carbonyl (C=O) groups is 2. The van der Waals surface area contributed by atoms with E-state index in [0.29, 0.717) is 5.56 Å². The van der Waals surface area contributed by atoms with Gasteiger partial charge in [0.15, 0.2) is 0 Å². The summed E-state index contributed by atoms with van der Waals surface area (Å²) in [5.74, 6) is -0.525. The number of aryl methyl sites for hydroxylation is 1. The van der Waals surface area contributed by atoms with E-state index in [1.807, 2.05) is 6.07 Å². The quantitative estimate of drug-likeness (QED) is 0.811. The van der Waals surface area contributed by atoms with Gasteiger partial charge in [-0.05, 0) is 43.2 Å². The molecule has 0 saturated carbocycles. The maximum atomic E-state index is 12.1. The minimum absolute atomic E-state index is 0.209. The molecule has 1 aliphatic heterocycles. The van der Waals surface area contributed by atoms with Gasteiger partial charge in [0.2, 0.25) is 0 Å². The van der Waals surface area contributed by atoms with Crippen molar-refractivity contribution < 1.29 is 9.59 Å². The number of nitrogens with zero attached hydrogens (tertiary/aromatic N) is 2. The number of nitrogens with one attached hydrogen (secondary N) is 2. The molecule has 6 heteroatoms. The highest BCUT2D eigenvalue weighted by atomic mass is 16.2. The molecule has 27 heavy (non-hydrogen) atoms. The number of piperazine rings is 1. The van der Waals surface area contributed by atoms with Gasteiger partial charge in [-0.1, -0.05) is 30.3 Å².